The highest BCUT2D eigenvalue weighted by Crippen LogP contribution is 2.27. The second kappa shape index (κ2) is 8.29. The summed E-state index contributed by atoms with van der Waals surface area (Å²) in [5.74, 6) is 0.109. The van der Waals surface area contributed by atoms with Crippen LogP contribution in [0.15, 0.2) is 42.6 Å². The highest BCUT2D eigenvalue weighted by Gasteiger charge is 2.26. The lowest BCUT2D eigenvalue weighted by molar-refractivity contribution is -0.117. The van der Waals surface area contributed by atoms with E-state index in [9.17, 15) is 9.59 Å². The summed E-state index contributed by atoms with van der Waals surface area (Å²) in [6.45, 7) is 0. The third kappa shape index (κ3) is 4.59. The zero-order valence-electron chi connectivity index (χ0n) is 14.2. The number of nitrogens with zero attached hydrogens (tertiary/aromatic N) is 1. The van der Waals surface area contributed by atoms with Crippen LogP contribution in [0.4, 0.5) is 11.5 Å². The lowest BCUT2D eigenvalue weighted by atomic mass is 9.99. The van der Waals surface area contributed by atoms with E-state index in [2.05, 4.69) is 15.6 Å². The van der Waals surface area contributed by atoms with Gasteiger partial charge in [-0.05, 0) is 43.0 Å². The van der Waals surface area contributed by atoms with Crippen LogP contribution in [0, 0.1) is 5.92 Å². The molecule has 2 aromatic rings. The van der Waals surface area contributed by atoms with E-state index in [4.69, 9.17) is 17.3 Å². The van der Waals surface area contributed by atoms with E-state index in [1.54, 1.807) is 36.4 Å². The Morgan fingerprint density at radius 1 is 1.15 bits per heavy atom. The number of aromatic nitrogens is 1. The molecular formula is C19H21ClN4O2. The zero-order chi connectivity index (χ0) is 18.5. The summed E-state index contributed by atoms with van der Waals surface area (Å²) in [6, 6.07) is 10.2. The predicted octanol–water partition coefficient (Wildman–Crippen LogP) is 3.44. The molecule has 0 aliphatic heterocycles. The Hall–Kier alpha value is -2.44. The van der Waals surface area contributed by atoms with Crippen molar-refractivity contribution in [3.63, 3.8) is 0 Å². The van der Waals surface area contributed by atoms with Crippen LogP contribution in [0.1, 0.15) is 36.0 Å². The van der Waals surface area contributed by atoms with Crippen molar-refractivity contribution in [2.45, 2.75) is 31.7 Å². The van der Waals surface area contributed by atoms with E-state index in [1.165, 1.54) is 6.20 Å². The lowest BCUT2D eigenvalue weighted by Crippen LogP contribution is -2.28. The fourth-order valence-corrected chi connectivity index (χ4v) is 3.29. The minimum Gasteiger partial charge on any atom is -0.327 e. The van der Waals surface area contributed by atoms with E-state index in [0.29, 0.717) is 28.5 Å². The molecule has 0 spiro atoms. The summed E-state index contributed by atoms with van der Waals surface area (Å²) < 4.78 is 0. The maximum absolute atomic E-state index is 12.5. The van der Waals surface area contributed by atoms with Gasteiger partial charge in [0, 0.05) is 18.7 Å². The molecule has 0 saturated heterocycles. The van der Waals surface area contributed by atoms with Gasteiger partial charge in [-0.3, -0.25) is 9.59 Å². The van der Waals surface area contributed by atoms with E-state index in [-0.39, 0.29) is 23.8 Å². The summed E-state index contributed by atoms with van der Waals surface area (Å²) in [6.07, 6.45) is 4.82. The average Bonchev–Trinajstić information content (AvgIpc) is 3.02. The van der Waals surface area contributed by atoms with Gasteiger partial charge in [-0.25, -0.2) is 4.98 Å². The van der Waals surface area contributed by atoms with E-state index < -0.39 is 0 Å². The number of rotatable bonds is 5. The third-order valence-electron chi connectivity index (χ3n) is 4.58. The average molecular weight is 373 g/mol. The van der Waals surface area contributed by atoms with Crippen LogP contribution in [0.3, 0.4) is 0 Å². The Kier molecular flexibility index (Phi) is 5.85. The van der Waals surface area contributed by atoms with E-state index >= 15 is 0 Å². The molecule has 6 nitrogen and oxygen atoms in total. The summed E-state index contributed by atoms with van der Waals surface area (Å²) in [5.41, 5.74) is 6.87. The van der Waals surface area contributed by atoms with Crippen LogP contribution in [-0.4, -0.2) is 22.8 Å². The second-order valence-corrected chi connectivity index (χ2v) is 6.90. The fourth-order valence-electron chi connectivity index (χ4n) is 3.18. The van der Waals surface area contributed by atoms with Crippen LogP contribution >= 0.6 is 11.6 Å². The molecule has 1 aliphatic rings. The number of pyridine rings is 1. The highest BCUT2D eigenvalue weighted by molar-refractivity contribution is 6.30. The molecule has 4 N–H and O–H groups in total. The van der Waals surface area contributed by atoms with Crippen molar-refractivity contribution in [3.05, 3.63) is 53.2 Å². The van der Waals surface area contributed by atoms with Gasteiger partial charge in [0.1, 0.15) is 5.82 Å². The smallest absolute Gasteiger partial charge is 0.258 e. The normalized spacial score (nSPS) is 19.2. The molecule has 7 heteroatoms. The summed E-state index contributed by atoms with van der Waals surface area (Å²) in [4.78, 5) is 28.9. The Labute approximate surface area is 157 Å². The number of carbonyl (C=O) groups is 2. The van der Waals surface area contributed by atoms with Crippen molar-refractivity contribution < 1.29 is 9.59 Å². The molecule has 0 bridgehead atoms. The first kappa shape index (κ1) is 18.4. The largest absolute Gasteiger partial charge is 0.327 e. The van der Waals surface area contributed by atoms with Crippen LogP contribution in [0.5, 0.6) is 0 Å². The zero-order valence-corrected chi connectivity index (χ0v) is 15.0. The number of halogens is 1. The van der Waals surface area contributed by atoms with Gasteiger partial charge in [-0.2, -0.15) is 0 Å². The van der Waals surface area contributed by atoms with Crippen molar-refractivity contribution in [2.24, 2.45) is 11.7 Å². The van der Waals surface area contributed by atoms with Crippen LogP contribution in [-0.2, 0) is 4.79 Å². The predicted molar refractivity (Wildman–Crippen MR) is 102 cm³/mol. The van der Waals surface area contributed by atoms with Gasteiger partial charge in [-0.1, -0.05) is 30.2 Å². The lowest BCUT2D eigenvalue weighted by Gasteiger charge is -2.16. The summed E-state index contributed by atoms with van der Waals surface area (Å²) in [7, 11) is 0. The van der Waals surface area contributed by atoms with Gasteiger partial charge < -0.3 is 16.4 Å². The summed E-state index contributed by atoms with van der Waals surface area (Å²) >= 11 is 5.80. The number of anilines is 2. The molecule has 2 amide bonds. The monoisotopic (exact) mass is 372 g/mol. The number of carbonyl (C=O) groups excluding carboxylic acids is 2. The standard InChI is InChI=1S/C19H21ClN4O2/c20-13-8-9-17(22-11-13)24-19(26)14-5-1-2-7-16(14)23-18(25)10-12-4-3-6-15(12)21/h1-2,5,7-9,11-12,15H,3-4,6,10,21H2,(H,23,25)(H,22,24,26)/t12-,15+/m0/s1. The molecule has 1 aromatic heterocycles. The Morgan fingerprint density at radius 2 is 1.96 bits per heavy atom. The molecule has 3 rings (SSSR count). The van der Waals surface area contributed by atoms with Crippen LogP contribution in [0.25, 0.3) is 0 Å². The second-order valence-electron chi connectivity index (χ2n) is 6.47. The molecule has 1 saturated carbocycles. The topological polar surface area (TPSA) is 97.1 Å². The number of benzene rings is 1. The molecular weight excluding hydrogens is 352 g/mol. The Morgan fingerprint density at radius 3 is 2.65 bits per heavy atom. The SMILES string of the molecule is N[C@@H]1CCC[C@H]1CC(=O)Nc1ccccc1C(=O)Nc1ccc(Cl)cn1. The van der Waals surface area contributed by atoms with Gasteiger partial charge in [0.15, 0.2) is 0 Å². The van der Waals surface area contributed by atoms with Gasteiger partial charge in [0.25, 0.3) is 5.91 Å². The molecule has 2 atom stereocenters. The first-order valence-electron chi connectivity index (χ1n) is 8.60. The van der Waals surface area contributed by atoms with Gasteiger partial charge in [0.05, 0.1) is 16.3 Å². The van der Waals surface area contributed by atoms with Crippen molar-refractivity contribution >= 4 is 34.9 Å². The minimum absolute atomic E-state index is 0.0790. The van der Waals surface area contributed by atoms with Crippen molar-refractivity contribution in [2.75, 3.05) is 10.6 Å². The molecule has 1 heterocycles. The molecule has 1 aliphatic carbocycles. The number of para-hydroxylation sites is 1. The van der Waals surface area contributed by atoms with Crippen LogP contribution < -0.4 is 16.4 Å². The van der Waals surface area contributed by atoms with Crippen molar-refractivity contribution in [3.8, 4) is 0 Å². The molecule has 0 radical (unpaired) electrons. The van der Waals surface area contributed by atoms with E-state index in [0.717, 1.165) is 19.3 Å². The van der Waals surface area contributed by atoms with Gasteiger partial charge in [0.2, 0.25) is 5.91 Å². The first-order chi connectivity index (χ1) is 12.5. The maximum Gasteiger partial charge on any atom is 0.258 e. The molecule has 136 valence electrons. The number of nitrogens with one attached hydrogen (secondary N) is 2. The number of nitrogens with two attached hydrogens (primary N) is 1. The third-order valence-corrected chi connectivity index (χ3v) is 4.80. The Balaban J connectivity index is 1.68. The molecule has 0 unspecified atom stereocenters. The number of hydrogen-bond acceptors (Lipinski definition) is 4. The molecule has 26 heavy (non-hydrogen) atoms. The quantitative estimate of drug-likeness (QED) is 0.748. The van der Waals surface area contributed by atoms with Gasteiger partial charge in [-0.15, -0.1) is 0 Å². The van der Waals surface area contributed by atoms with E-state index in [1.807, 2.05) is 0 Å². The minimum atomic E-state index is -0.353. The molecule has 1 fully saturated rings. The van der Waals surface area contributed by atoms with Crippen LogP contribution in [0.2, 0.25) is 5.02 Å². The van der Waals surface area contributed by atoms with Gasteiger partial charge >= 0.3 is 0 Å². The first-order valence-corrected chi connectivity index (χ1v) is 8.98. The highest BCUT2D eigenvalue weighted by atomic mass is 35.5. The number of amides is 2. The fraction of sp³-hybridized carbons (Fsp3) is 0.316. The number of hydrogen-bond donors (Lipinski definition) is 3. The summed E-state index contributed by atoms with van der Waals surface area (Å²) in [5, 5.41) is 6.02. The van der Waals surface area contributed by atoms with Crippen molar-refractivity contribution in [1.82, 2.24) is 4.98 Å². The maximum atomic E-state index is 12.5. The molecule has 1 aromatic carbocycles. The Bertz CT molecular complexity index is 794. The van der Waals surface area contributed by atoms with Crippen molar-refractivity contribution in [1.29, 1.82) is 0 Å².